The fraction of sp³-hybridized carbons (Fsp3) is 0.158. The van der Waals surface area contributed by atoms with Crippen molar-refractivity contribution in [2.24, 2.45) is 5.92 Å². The molecule has 1 amide bonds. The molecule has 1 atom stereocenters. The van der Waals surface area contributed by atoms with Crippen LogP contribution in [0.5, 0.6) is 0 Å². The van der Waals surface area contributed by atoms with Gasteiger partial charge >= 0.3 is 5.97 Å². The van der Waals surface area contributed by atoms with Gasteiger partial charge in [-0.3, -0.25) is 4.79 Å². The van der Waals surface area contributed by atoms with E-state index in [1.165, 1.54) is 12.1 Å². The first-order chi connectivity index (χ1) is 11.9. The lowest BCUT2D eigenvalue weighted by molar-refractivity contribution is -0.118. The molecule has 0 aliphatic carbocycles. The number of anilines is 1. The number of carboxylic acid groups (broad SMARTS) is 1. The molecule has 0 heterocycles. The molecule has 0 aliphatic heterocycles. The number of ether oxygens (including phenoxy) is 1. The number of nitrogens with one attached hydrogen (secondary N) is 1. The fourth-order valence-electron chi connectivity index (χ4n) is 1.84. The molecule has 1 aromatic carbocycles. The van der Waals surface area contributed by atoms with Crippen molar-refractivity contribution in [2.75, 3.05) is 11.9 Å². The zero-order valence-electron chi connectivity index (χ0n) is 13.9. The van der Waals surface area contributed by atoms with Crippen molar-refractivity contribution in [3.63, 3.8) is 0 Å². The van der Waals surface area contributed by atoms with Gasteiger partial charge in [-0.25, -0.2) is 4.79 Å². The largest absolute Gasteiger partial charge is 0.490 e. The van der Waals surface area contributed by atoms with Crippen LogP contribution < -0.4 is 5.32 Å². The number of allylic oxidation sites excluding steroid dienone is 3. The quantitative estimate of drug-likeness (QED) is 0.358. The molecule has 0 saturated heterocycles. The third kappa shape index (κ3) is 6.81. The molecular weight excluding hydrogens is 386 g/mol. The highest BCUT2D eigenvalue weighted by atomic mass is 79.9. The molecule has 5 nitrogen and oxygen atoms in total. The third-order valence-electron chi connectivity index (χ3n) is 3.06. The van der Waals surface area contributed by atoms with Gasteiger partial charge in [0.15, 0.2) is 0 Å². The number of rotatable bonds is 9. The Kier molecular flexibility index (Phi) is 8.43. The van der Waals surface area contributed by atoms with Gasteiger partial charge in [-0.2, -0.15) is 0 Å². The molecule has 0 fully saturated rings. The molecule has 1 rings (SSSR count). The Morgan fingerprint density at radius 2 is 2.12 bits per heavy atom. The SMILES string of the molecule is C=C/C=C\C(=C/C(C)C(=O)Nc1ccc(Br)cc1C(=O)O)OCC=C. The van der Waals surface area contributed by atoms with Gasteiger partial charge in [0.05, 0.1) is 17.2 Å². The van der Waals surface area contributed by atoms with Crippen LogP contribution in [-0.4, -0.2) is 23.6 Å². The molecule has 0 aliphatic rings. The number of hydrogen-bond acceptors (Lipinski definition) is 3. The lowest BCUT2D eigenvalue weighted by Crippen LogP contribution is -2.21. The van der Waals surface area contributed by atoms with E-state index in [1.807, 2.05) is 0 Å². The van der Waals surface area contributed by atoms with Crippen molar-refractivity contribution < 1.29 is 19.4 Å². The third-order valence-corrected chi connectivity index (χ3v) is 3.56. The van der Waals surface area contributed by atoms with Gasteiger partial charge in [0.25, 0.3) is 0 Å². The summed E-state index contributed by atoms with van der Waals surface area (Å²) >= 11 is 3.21. The number of aromatic carboxylic acids is 1. The standard InChI is InChI=1S/C19H20BrNO4/c1-4-6-7-15(25-10-5-2)11-13(3)18(22)21-17-9-8-14(20)12-16(17)19(23)24/h4-9,11-13H,1-2,10H2,3H3,(H,21,22)(H,23,24)/b7-6-,15-11+. The molecule has 132 valence electrons. The zero-order chi connectivity index (χ0) is 18.8. The second kappa shape index (κ2) is 10.3. The van der Waals surface area contributed by atoms with E-state index in [9.17, 15) is 14.7 Å². The molecule has 6 heteroatoms. The first-order valence-corrected chi connectivity index (χ1v) is 8.26. The van der Waals surface area contributed by atoms with E-state index in [0.717, 1.165) is 0 Å². The van der Waals surface area contributed by atoms with Crippen molar-refractivity contribution >= 4 is 33.5 Å². The van der Waals surface area contributed by atoms with Crippen LogP contribution in [0.3, 0.4) is 0 Å². The predicted molar refractivity (Wildman–Crippen MR) is 102 cm³/mol. The molecule has 1 unspecified atom stereocenters. The highest BCUT2D eigenvalue weighted by Gasteiger charge is 2.16. The van der Waals surface area contributed by atoms with E-state index < -0.39 is 11.9 Å². The summed E-state index contributed by atoms with van der Waals surface area (Å²) in [5.41, 5.74) is 0.240. The van der Waals surface area contributed by atoms with E-state index in [0.29, 0.717) is 16.8 Å². The topological polar surface area (TPSA) is 75.6 Å². The minimum Gasteiger partial charge on any atom is -0.490 e. The van der Waals surface area contributed by atoms with Gasteiger partial charge in [-0.1, -0.05) is 47.3 Å². The normalized spacial score (nSPS) is 12.5. The second-order valence-electron chi connectivity index (χ2n) is 5.04. The van der Waals surface area contributed by atoms with Crippen LogP contribution in [0.4, 0.5) is 5.69 Å². The Balaban J connectivity index is 2.96. The molecular formula is C19H20BrNO4. The van der Waals surface area contributed by atoms with E-state index in [-0.39, 0.29) is 17.2 Å². The summed E-state index contributed by atoms with van der Waals surface area (Å²) in [5.74, 6) is -1.52. The average Bonchev–Trinajstić information content (AvgIpc) is 2.58. The van der Waals surface area contributed by atoms with Crippen LogP contribution in [0.25, 0.3) is 0 Å². The number of hydrogen-bond donors (Lipinski definition) is 2. The van der Waals surface area contributed by atoms with Crippen molar-refractivity contribution in [3.8, 4) is 0 Å². The monoisotopic (exact) mass is 405 g/mol. The smallest absolute Gasteiger partial charge is 0.337 e. The Labute approximate surface area is 155 Å². The Morgan fingerprint density at radius 1 is 1.40 bits per heavy atom. The number of benzene rings is 1. The van der Waals surface area contributed by atoms with Gasteiger partial charge in [0.1, 0.15) is 12.4 Å². The van der Waals surface area contributed by atoms with Crippen LogP contribution in [0.15, 0.2) is 72.0 Å². The highest BCUT2D eigenvalue weighted by molar-refractivity contribution is 9.10. The first-order valence-electron chi connectivity index (χ1n) is 7.47. The Morgan fingerprint density at radius 3 is 2.72 bits per heavy atom. The fourth-order valence-corrected chi connectivity index (χ4v) is 2.20. The molecule has 0 spiro atoms. The Bertz CT molecular complexity index is 722. The molecule has 2 N–H and O–H groups in total. The summed E-state index contributed by atoms with van der Waals surface area (Å²) in [6.07, 6.45) is 8.20. The van der Waals surface area contributed by atoms with Gasteiger partial charge in [-0.05, 0) is 37.3 Å². The van der Waals surface area contributed by atoms with Crippen molar-refractivity contribution in [2.45, 2.75) is 6.92 Å². The second-order valence-corrected chi connectivity index (χ2v) is 5.95. The number of halogens is 1. The molecule has 0 saturated carbocycles. The summed E-state index contributed by atoms with van der Waals surface area (Å²) in [5, 5.41) is 11.9. The van der Waals surface area contributed by atoms with Crippen molar-refractivity contribution in [1.82, 2.24) is 0 Å². The van der Waals surface area contributed by atoms with Gasteiger partial charge < -0.3 is 15.2 Å². The van der Waals surface area contributed by atoms with Gasteiger partial charge in [0, 0.05) is 4.47 Å². The Hall–Kier alpha value is -2.60. The van der Waals surface area contributed by atoms with Crippen LogP contribution in [0.2, 0.25) is 0 Å². The summed E-state index contributed by atoms with van der Waals surface area (Å²) in [6.45, 7) is 9.16. The summed E-state index contributed by atoms with van der Waals surface area (Å²) in [6, 6.07) is 4.63. The van der Waals surface area contributed by atoms with Crippen molar-refractivity contribution in [1.29, 1.82) is 0 Å². The van der Waals surface area contributed by atoms with Crippen LogP contribution in [-0.2, 0) is 9.53 Å². The zero-order valence-corrected chi connectivity index (χ0v) is 15.5. The van der Waals surface area contributed by atoms with E-state index in [4.69, 9.17) is 4.74 Å². The molecule has 25 heavy (non-hydrogen) atoms. The first kappa shape index (κ1) is 20.4. The maximum absolute atomic E-state index is 12.4. The molecule has 0 radical (unpaired) electrons. The summed E-state index contributed by atoms with van der Waals surface area (Å²) < 4.78 is 6.09. The molecule has 0 aromatic heterocycles. The number of carboxylic acids is 1. The van der Waals surface area contributed by atoms with Crippen LogP contribution >= 0.6 is 15.9 Å². The van der Waals surface area contributed by atoms with Gasteiger partial charge in [0.2, 0.25) is 5.91 Å². The molecule has 1 aromatic rings. The van der Waals surface area contributed by atoms with E-state index in [1.54, 1.807) is 43.4 Å². The highest BCUT2D eigenvalue weighted by Crippen LogP contribution is 2.22. The maximum Gasteiger partial charge on any atom is 0.337 e. The summed E-state index contributed by atoms with van der Waals surface area (Å²) in [4.78, 5) is 23.7. The van der Waals surface area contributed by atoms with E-state index >= 15 is 0 Å². The maximum atomic E-state index is 12.4. The average molecular weight is 406 g/mol. The van der Waals surface area contributed by atoms with Crippen LogP contribution in [0.1, 0.15) is 17.3 Å². The predicted octanol–water partition coefficient (Wildman–Crippen LogP) is 4.55. The number of carbonyl (C=O) groups excluding carboxylic acids is 1. The van der Waals surface area contributed by atoms with Crippen molar-refractivity contribution in [3.05, 3.63) is 77.5 Å². The lowest BCUT2D eigenvalue weighted by Gasteiger charge is -2.13. The number of carbonyl (C=O) groups is 2. The lowest BCUT2D eigenvalue weighted by atomic mass is 10.1. The van der Waals surface area contributed by atoms with E-state index in [2.05, 4.69) is 34.4 Å². The number of amides is 1. The molecule has 0 bridgehead atoms. The van der Waals surface area contributed by atoms with Gasteiger partial charge in [-0.15, -0.1) is 0 Å². The minimum absolute atomic E-state index is 0.00795. The summed E-state index contributed by atoms with van der Waals surface area (Å²) in [7, 11) is 0. The minimum atomic E-state index is -1.12. The van der Waals surface area contributed by atoms with Crippen LogP contribution in [0, 0.1) is 5.92 Å².